The van der Waals surface area contributed by atoms with Gasteiger partial charge in [0.1, 0.15) is 0 Å². The van der Waals surface area contributed by atoms with Crippen LogP contribution in [0.3, 0.4) is 0 Å². The van der Waals surface area contributed by atoms with E-state index in [9.17, 15) is 9.90 Å². The minimum Gasteiger partial charge on any atom is -0.504 e. The lowest BCUT2D eigenvalue weighted by molar-refractivity contribution is 0.0979. The summed E-state index contributed by atoms with van der Waals surface area (Å²) < 4.78 is 0. The van der Waals surface area contributed by atoms with E-state index in [0.717, 1.165) is 49.7 Å². The first-order valence-electron chi connectivity index (χ1n) is 12.5. The Bertz CT molecular complexity index is 909. The molecule has 2 heteroatoms. The third-order valence-corrected chi connectivity index (χ3v) is 6.64. The van der Waals surface area contributed by atoms with Crippen molar-refractivity contribution >= 4 is 11.9 Å². The third kappa shape index (κ3) is 6.58. The van der Waals surface area contributed by atoms with Crippen LogP contribution in [-0.2, 0) is 0 Å². The first-order chi connectivity index (χ1) is 15.3. The maximum Gasteiger partial charge on any atom is 0.227 e. The second kappa shape index (κ2) is 12.6. The van der Waals surface area contributed by atoms with Gasteiger partial charge in [-0.2, -0.15) is 0 Å². The molecule has 3 unspecified atom stereocenters. The molecule has 2 aromatic carbocycles. The zero-order valence-corrected chi connectivity index (χ0v) is 20.9. The summed E-state index contributed by atoms with van der Waals surface area (Å²) in [5.41, 5.74) is 5.07. The Balaban J connectivity index is 2.49. The molecule has 0 bridgehead atoms. The zero-order valence-electron chi connectivity index (χ0n) is 20.9. The number of hydrogen-bond donors (Lipinski definition) is 1. The molecule has 2 aromatic rings. The van der Waals surface area contributed by atoms with E-state index in [2.05, 4.69) is 59.7 Å². The molecule has 2 nitrogen and oxygen atoms in total. The topological polar surface area (TPSA) is 37.3 Å². The van der Waals surface area contributed by atoms with Crippen LogP contribution in [0.2, 0.25) is 0 Å². The van der Waals surface area contributed by atoms with Crippen LogP contribution in [0.25, 0.3) is 6.08 Å². The molecule has 0 spiro atoms. The SMILES string of the molecule is CCCC(C)c1ccc(C(C)CCC)c(C=C(O)C(=O)c2ccccc2C(C)CCC)c1. The quantitative estimate of drug-likeness (QED) is 0.205. The Hall–Kier alpha value is -2.35. The van der Waals surface area contributed by atoms with Gasteiger partial charge in [0.25, 0.3) is 0 Å². The van der Waals surface area contributed by atoms with Gasteiger partial charge in [-0.15, -0.1) is 0 Å². The second-order valence-electron chi connectivity index (χ2n) is 9.40. The Labute approximate surface area is 195 Å². The lowest BCUT2D eigenvalue weighted by Crippen LogP contribution is -2.09. The Morgan fingerprint density at radius 1 is 0.812 bits per heavy atom. The van der Waals surface area contributed by atoms with Crippen LogP contribution < -0.4 is 0 Å². The third-order valence-electron chi connectivity index (χ3n) is 6.64. The minimum absolute atomic E-state index is 0.175. The van der Waals surface area contributed by atoms with Gasteiger partial charge in [-0.1, -0.05) is 103 Å². The Morgan fingerprint density at radius 2 is 1.38 bits per heavy atom. The lowest BCUT2D eigenvalue weighted by Gasteiger charge is -2.19. The van der Waals surface area contributed by atoms with Crippen LogP contribution >= 0.6 is 0 Å². The first-order valence-corrected chi connectivity index (χ1v) is 12.5. The molecule has 0 saturated heterocycles. The molecule has 0 saturated carbocycles. The summed E-state index contributed by atoms with van der Waals surface area (Å²) in [7, 11) is 0. The normalized spacial score (nSPS) is 14.8. The predicted molar refractivity (Wildman–Crippen MR) is 138 cm³/mol. The number of benzene rings is 2. The Morgan fingerprint density at radius 3 is 2.00 bits per heavy atom. The lowest BCUT2D eigenvalue weighted by atomic mass is 9.86. The minimum atomic E-state index is -0.287. The highest BCUT2D eigenvalue weighted by molar-refractivity contribution is 6.10. The van der Waals surface area contributed by atoms with Crippen LogP contribution in [0.5, 0.6) is 0 Å². The number of ketones is 1. The molecule has 0 aliphatic rings. The van der Waals surface area contributed by atoms with Gasteiger partial charge >= 0.3 is 0 Å². The maximum absolute atomic E-state index is 13.3. The van der Waals surface area contributed by atoms with Gasteiger partial charge in [0.05, 0.1) is 0 Å². The summed E-state index contributed by atoms with van der Waals surface area (Å²) >= 11 is 0. The van der Waals surface area contributed by atoms with E-state index in [-0.39, 0.29) is 17.5 Å². The first kappa shape index (κ1) is 25.9. The van der Waals surface area contributed by atoms with Gasteiger partial charge < -0.3 is 5.11 Å². The van der Waals surface area contributed by atoms with Gasteiger partial charge in [0.15, 0.2) is 5.76 Å². The van der Waals surface area contributed by atoms with Crippen molar-refractivity contribution in [3.63, 3.8) is 0 Å². The molecule has 32 heavy (non-hydrogen) atoms. The fourth-order valence-corrected chi connectivity index (χ4v) is 4.73. The fraction of sp³-hybridized carbons (Fsp3) is 0.500. The second-order valence-corrected chi connectivity index (χ2v) is 9.40. The van der Waals surface area contributed by atoms with Crippen LogP contribution in [-0.4, -0.2) is 10.9 Å². The monoisotopic (exact) mass is 434 g/mol. The van der Waals surface area contributed by atoms with Crippen LogP contribution in [0.1, 0.15) is 130 Å². The molecule has 0 aromatic heterocycles. The van der Waals surface area contributed by atoms with Crippen LogP contribution in [0.4, 0.5) is 0 Å². The van der Waals surface area contributed by atoms with Crippen LogP contribution in [0, 0.1) is 0 Å². The maximum atomic E-state index is 13.3. The number of rotatable bonds is 12. The molecule has 0 radical (unpaired) electrons. The molecule has 0 amide bonds. The van der Waals surface area contributed by atoms with Crippen molar-refractivity contribution in [3.05, 3.63) is 76.0 Å². The summed E-state index contributed by atoms with van der Waals surface area (Å²) in [5.74, 6) is 0.653. The number of Topliss-reactive ketones (excluding diaryl/α,β-unsaturated/α-hetero) is 1. The van der Waals surface area contributed by atoms with Crippen molar-refractivity contribution in [1.82, 2.24) is 0 Å². The van der Waals surface area contributed by atoms with Crippen LogP contribution in [0.15, 0.2) is 48.2 Å². The van der Waals surface area contributed by atoms with E-state index in [0.29, 0.717) is 17.4 Å². The highest BCUT2D eigenvalue weighted by atomic mass is 16.3. The molecule has 1 N–H and O–H groups in total. The molecular formula is C30H42O2. The number of carbonyl (C=O) groups excluding carboxylic acids is 1. The molecule has 0 heterocycles. The molecule has 0 fully saturated rings. The van der Waals surface area contributed by atoms with Gasteiger partial charge in [0.2, 0.25) is 5.78 Å². The van der Waals surface area contributed by atoms with E-state index in [1.165, 1.54) is 11.1 Å². The number of allylic oxidation sites excluding steroid dienone is 1. The number of aliphatic hydroxyl groups is 1. The summed E-state index contributed by atoms with van der Waals surface area (Å²) in [6, 6.07) is 14.3. The number of hydrogen-bond acceptors (Lipinski definition) is 2. The van der Waals surface area contributed by atoms with Crippen molar-refractivity contribution in [2.45, 2.75) is 97.8 Å². The molecule has 0 aliphatic heterocycles. The summed E-state index contributed by atoms with van der Waals surface area (Å²) in [6.45, 7) is 13.2. The van der Waals surface area contributed by atoms with Crippen molar-refractivity contribution in [2.24, 2.45) is 0 Å². The number of aliphatic hydroxyl groups excluding tert-OH is 1. The Kier molecular flexibility index (Phi) is 10.2. The van der Waals surface area contributed by atoms with E-state index in [1.54, 1.807) is 6.08 Å². The largest absolute Gasteiger partial charge is 0.504 e. The van der Waals surface area contributed by atoms with Crippen molar-refractivity contribution in [2.75, 3.05) is 0 Å². The van der Waals surface area contributed by atoms with Gasteiger partial charge in [-0.05, 0) is 65.3 Å². The standard InChI is InChI=1S/C30H42O2/c1-7-12-21(4)24-17-18-26(22(5)13-8-2)25(19-24)20-29(31)30(32)28-16-11-10-15-27(28)23(6)14-9-3/h10-11,15-23,31H,7-9,12-14H2,1-6H3. The smallest absolute Gasteiger partial charge is 0.227 e. The average molecular weight is 435 g/mol. The fourth-order valence-electron chi connectivity index (χ4n) is 4.73. The highest BCUT2D eigenvalue weighted by Crippen LogP contribution is 2.31. The van der Waals surface area contributed by atoms with Gasteiger partial charge in [-0.25, -0.2) is 0 Å². The van der Waals surface area contributed by atoms with Crippen molar-refractivity contribution < 1.29 is 9.90 Å². The average Bonchev–Trinajstić information content (AvgIpc) is 2.79. The molecular weight excluding hydrogens is 392 g/mol. The highest BCUT2D eigenvalue weighted by Gasteiger charge is 2.20. The van der Waals surface area contributed by atoms with Crippen molar-refractivity contribution in [1.29, 1.82) is 0 Å². The van der Waals surface area contributed by atoms with E-state index in [4.69, 9.17) is 0 Å². The summed E-state index contributed by atoms with van der Waals surface area (Å²) in [5, 5.41) is 10.9. The zero-order chi connectivity index (χ0) is 23.7. The molecule has 2 rings (SSSR count). The summed E-state index contributed by atoms with van der Waals surface area (Å²) in [6.07, 6.45) is 8.23. The molecule has 3 atom stereocenters. The molecule has 0 aliphatic carbocycles. The number of carbonyl (C=O) groups is 1. The molecule has 174 valence electrons. The predicted octanol–water partition coefficient (Wildman–Crippen LogP) is 9.18. The van der Waals surface area contributed by atoms with E-state index >= 15 is 0 Å². The van der Waals surface area contributed by atoms with Gasteiger partial charge in [0, 0.05) is 5.56 Å². The van der Waals surface area contributed by atoms with E-state index < -0.39 is 0 Å². The van der Waals surface area contributed by atoms with Gasteiger partial charge in [-0.3, -0.25) is 4.79 Å². The summed E-state index contributed by atoms with van der Waals surface area (Å²) in [4.78, 5) is 13.3. The van der Waals surface area contributed by atoms with Crippen molar-refractivity contribution in [3.8, 4) is 0 Å². The van der Waals surface area contributed by atoms with E-state index in [1.807, 2.05) is 24.3 Å².